The number of hydrogen-bond donors (Lipinski definition) is 1. The zero-order chi connectivity index (χ0) is 15.1. The third kappa shape index (κ3) is 3.68. The Morgan fingerprint density at radius 2 is 2.25 bits per heavy atom. The molecule has 0 atom stereocenters. The highest BCUT2D eigenvalue weighted by Gasteiger charge is 2.19. The van der Waals surface area contributed by atoms with Crippen LogP contribution >= 0.6 is 0 Å². The van der Waals surface area contributed by atoms with Gasteiger partial charge < -0.3 is 10.2 Å². The summed E-state index contributed by atoms with van der Waals surface area (Å²) in [6, 6.07) is 6.26. The Morgan fingerprint density at radius 3 is 2.80 bits per heavy atom. The van der Waals surface area contributed by atoms with Gasteiger partial charge in [-0.3, -0.25) is 14.9 Å². The number of nitriles is 1. The average Bonchev–Trinajstić information content (AvgIpc) is 2.44. The fraction of sp³-hybridized carbons (Fsp3) is 0.385. The third-order valence-corrected chi connectivity index (χ3v) is 2.71. The molecule has 0 spiro atoms. The van der Waals surface area contributed by atoms with Crippen LogP contribution in [0, 0.1) is 21.4 Å². The molecule has 0 fully saturated rings. The van der Waals surface area contributed by atoms with Crippen molar-refractivity contribution in [3.05, 3.63) is 33.9 Å². The summed E-state index contributed by atoms with van der Waals surface area (Å²) < 4.78 is 0. The van der Waals surface area contributed by atoms with Crippen molar-refractivity contribution in [2.75, 3.05) is 25.5 Å². The third-order valence-electron chi connectivity index (χ3n) is 2.71. The summed E-state index contributed by atoms with van der Waals surface area (Å²) in [4.78, 5) is 23.9. The second kappa shape index (κ2) is 7.09. The average molecular weight is 276 g/mol. The van der Waals surface area contributed by atoms with Gasteiger partial charge in [0.15, 0.2) is 0 Å². The van der Waals surface area contributed by atoms with Crippen LogP contribution in [0.5, 0.6) is 0 Å². The molecule has 7 nitrogen and oxygen atoms in total. The molecule has 1 aromatic rings. The minimum atomic E-state index is -0.524. The Balaban J connectivity index is 3.02. The Labute approximate surface area is 117 Å². The van der Waals surface area contributed by atoms with E-state index in [4.69, 9.17) is 5.26 Å². The van der Waals surface area contributed by atoms with Gasteiger partial charge >= 0.3 is 0 Å². The van der Waals surface area contributed by atoms with Crippen molar-refractivity contribution in [1.82, 2.24) is 4.90 Å². The van der Waals surface area contributed by atoms with Gasteiger partial charge in [0.1, 0.15) is 5.69 Å². The summed E-state index contributed by atoms with van der Waals surface area (Å²) >= 11 is 0. The van der Waals surface area contributed by atoms with E-state index in [1.807, 2.05) is 13.0 Å². The van der Waals surface area contributed by atoms with Gasteiger partial charge in [-0.05, 0) is 19.1 Å². The molecule has 0 aliphatic carbocycles. The van der Waals surface area contributed by atoms with Crippen molar-refractivity contribution in [3.63, 3.8) is 0 Å². The zero-order valence-electron chi connectivity index (χ0n) is 11.4. The van der Waals surface area contributed by atoms with Crippen LogP contribution < -0.4 is 5.32 Å². The molecule has 1 rings (SSSR count). The number of rotatable bonds is 6. The van der Waals surface area contributed by atoms with Crippen LogP contribution in [-0.2, 0) is 0 Å². The van der Waals surface area contributed by atoms with E-state index < -0.39 is 4.92 Å². The number of carbonyl (C=O) groups excluding carboxylic acids is 1. The molecule has 0 heterocycles. The molecule has 0 aromatic heterocycles. The Kier molecular flexibility index (Phi) is 5.47. The minimum absolute atomic E-state index is 0.133. The fourth-order valence-corrected chi connectivity index (χ4v) is 1.70. The summed E-state index contributed by atoms with van der Waals surface area (Å²) in [6.45, 7) is 2.67. The lowest BCUT2D eigenvalue weighted by Crippen LogP contribution is -2.27. The highest BCUT2D eigenvalue weighted by molar-refractivity contribution is 5.95. The van der Waals surface area contributed by atoms with Gasteiger partial charge in [-0.2, -0.15) is 5.26 Å². The van der Waals surface area contributed by atoms with E-state index in [1.165, 1.54) is 23.1 Å². The lowest BCUT2D eigenvalue weighted by molar-refractivity contribution is -0.384. The molecule has 0 aliphatic rings. The van der Waals surface area contributed by atoms with Crippen molar-refractivity contribution in [2.45, 2.75) is 13.3 Å². The second-order valence-electron chi connectivity index (χ2n) is 4.15. The van der Waals surface area contributed by atoms with Crippen LogP contribution in [0.4, 0.5) is 11.4 Å². The number of amides is 1. The van der Waals surface area contributed by atoms with Gasteiger partial charge in [0.25, 0.3) is 11.6 Å². The van der Waals surface area contributed by atoms with Gasteiger partial charge in [-0.15, -0.1) is 0 Å². The number of hydrogen-bond acceptors (Lipinski definition) is 5. The van der Waals surface area contributed by atoms with Gasteiger partial charge in [-0.1, -0.05) is 0 Å². The standard InChI is InChI=1S/C13H16N4O3/c1-3-15-11-6-5-10(9-12(11)17(19)20)13(18)16(2)8-4-7-14/h5-6,9,15H,3-4,8H2,1-2H3. The molecule has 1 amide bonds. The Morgan fingerprint density at radius 1 is 1.55 bits per heavy atom. The van der Waals surface area contributed by atoms with E-state index in [0.29, 0.717) is 12.2 Å². The molecule has 1 N–H and O–H groups in total. The molecule has 0 bridgehead atoms. The first-order valence-corrected chi connectivity index (χ1v) is 6.16. The van der Waals surface area contributed by atoms with Gasteiger partial charge in [0, 0.05) is 31.8 Å². The van der Waals surface area contributed by atoms with Crippen LogP contribution in [0.15, 0.2) is 18.2 Å². The van der Waals surface area contributed by atoms with Crippen molar-refractivity contribution in [3.8, 4) is 6.07 Å². The highest BCUT2D eigenvalue weighted by Crippen LogP contribution is 2.25. The van der Waals surface area contributed by atoms with E-state index in [-0.39, 0.29) is 30.1 Å². The molecule has 0 aliphatic heterocycles. The number of nitrogens with zero attached hydrogens (tertiary/aromatic N) is 3. The van der Waals surface area contributed by atoms with E-state index in [1.54, 1.807) is 7.05 Å². The van der Waals surface area contributed by atoms with Gasteiger partial charge in [-0.25, -0.2) is 0 Å². The normalized spacial score (nSPS) is 9.65. The number of nitrogens with one attached hydrogen (secondary N) is 1. The molecule has 0 unspecified atom stereocenters. The molecular weight excluding hydrogens is 260 g/mol. The van der Waals surface area contributed by atoms with Crippen molar-refractivity contribution in [2.24, 2.45) is 0 Å². The van der Waals surface area contributed by atoms with Crippen LogP contribution in [0.25, 0.3) is 0 Å². The van der Waals surface area contributed by atoms with Gasteiger partial charge in [0.2, 0.25) is 0 Å². The molecule has 20 heavy (non-hydrogen) atoms. The number of anilines is 1. The number of benzene rings is 1. The molecule has 0 radical (unpaired) electrons. The van der Waals surface area contributed by atoms with Crippen LogP contribution in [-0.4, -0.2) is 35.9 Å². The van der Waals surface area contributed by atoms with E-state index in [2.05, 4.69) is 5.32 Å². The molecule has 1 aromatic carbocycles. The summed E-state index contributed by atoms with van der Waals surface area (Å²) in [5.74, 6) is -0.341. The summed E-state index contributed by atoms with van der Waals surface area (Å²) in [5, 5.41) is 22.4. The lowest BCUT2D eigenvalue weighted by atomic mass is 10.1. The summed E-state index contributed by atoms with van der Waals surface area (Å²) in [5.41, 5.74) is 0.485. The maximum atomic E-state index is 12.1. The first kappa shape index (κ1) is 15.4. The smallest absolute Gasteiger partial charge is 0.293 e. The summed E-state index contributed by atoms with van der Waals surface area (Å²) in [6.07, 6.45) is 0.222. The highest BCUT2D eigenvalue weighted by atomic mass is 16.6. The number of nitro benzene ring substituents is 1. The lowest BCUT2D eigenvalue weighted by Gasteiger charge is -2.15. The molecular formula is C13H16N4O3. The van der Waals surface area contributed by atoms with Gasteiger partial charge in [0.05, 0.1) is 17.4 Å². The van der Waals surface area contributed by atoms with Crippen molar-refractivity contribution >= 4 is 17.3 Å². The largest absolute Gasteiger partial charge is 0.380 e. The fourth-order valence-electron chi connectivity index (χ4n) is 1.70. The second-order valence-corrected chi connectivity index (χ2v) is 4.15. The SMILES string of the molecule is CCNc1ccc(C(=O)N(C)CCC#N)cc1[N+](=O)[O-]. The minimum Gasteiger partial charge on any atom is -0.380 e. The quantitative estimate of drug-likeness (QED) is 0.633. The predicted octanol–water partition coefficient (Wildman–Crippen LogP) is 2.01. The predicted molar refractivity (Wildman–Crippen MR) is 74.5 cm³/mol. The summed E-state index contributed by atoms with van der Waals surface area (Å²) in [7, 11) is 1.56. The van der Waals surface area contributed by atoms with Crippen LogP contribution in [0.2, 0.25) is 0 Å². The van der Waals surface area contributed by atoms with Crippen molar-refractivity contribution in [1.29, 1.82) is 5.26 Å². The number of carbonyl (C=O) groups is 1. The maximum absolute atomic E-state index is 12.1. The maximum Gasteiger partial charge on any atom is 0.293 e. The first-order valence-electron chi connectivity index (χ1n) is 6.16. The van der Waals surface area contributed by atoms with Crippen LogP contribution in [0.3, 0.4) is 0 Å². The Bertz CT molecular complexity index is 551. The van der Waals surface area contributed by atoms with E-state index >= 15 is 0 Å². The molecule has 106 valence electrons. The topological polar surface area (TPSA) is 99.3 Å². The molecule has 0 saturated carbocycles. The van der Waals surface area contributed by atoms with Crippen LogP contribution in [0.1, 0.15) is 23.7 Å². The van der Waals surface area contributed by atoms with E-state index in [9.17, 15) is 14.9 Å². The monoisotopic (exact) mass is 276 g/mol. The van der Waals surface area contributed by atoms with E-state index in [0.717, 1.165) is 0 Å². The van der Waals surface area contributed by atoms with Crippen molar-refractivity contribution < 1.29 is 9.72 Å². The molecule has 0 saturated heterocycles. The number of nitro groups is 1. The molecule has 7 heteroatoms. The zero-order valence-corrected chi connectivity index (χ0v) is 11.4. The first-order chi connectivity index (χ1) is 9.51. The Hall–Kier alpha value is -2.62.